The molecule has 0 unspecified atom stereocenters. The summed E-state index contributed by atoms with van der Waals surface area (Å²) in [7, 11) is 0. The summed E-state index contributed by atoms with van der Waals surface area (Å²) in [6.45, 7) is 3.96. The molecule has 0 saturated carbocycles. The molecule has 4 aromatic rings. The lowest BCUT2D eigenvalue weighted by atomic mass is 10.0. The maximum atomic E-state index is 11.7. The third-order valence-electron chi connectivity index (χ3n) is 4.14. The van der Waals surface area contributed by atoms with Gasteiger partial charge in [0, 0.05) is 10.8 Å². The topological polar surface area (TPSA) is 63.3 Å². The molecular formula is C20H15NO3. The fraction of sp³-hybridized carbons (Fsp3) is 0.100. The van der Waals surface area contributed by atoms with E-state index in [1.54, 1.807) is 6.07 Å². The zero-order chi connectivity index (χ0) is 16.8. The van der Waals surface area contributed by atoms with Gasteiger partial charge in [-0.25, -0.2) is 9.78 Å². The summed E-state index contributed by atoms with van der Waals surface area (Å²) < 4.78 is 5.83. The van der Waals surface area contributed by atoms with Crippen LogP contribution >= 0.6 is 0 Å². The molecule has 2 aromatic carbocycles. The molecule has 0 bridgehead atoms. The second kappa shape index (κ2) is 5.20. The first-order valence-electron chi connectivity index (χ1n) is 7.67. The number of carboxylic acids is 1. The van der Waals surface area contributed by atoms with Crippen molar-refractivity contribution in [1.29, 1.82) is 0 Å². The summed E-state index contributed by atoms with van der Waals surface area (Å²) in [5.74, 6) is -0.547. The lowest BCUT2D eigenvalue weighted by molar-refractivity contribution is 0.0697. The minimum absolute atomic E-state index is 0.145. The molecule has 4 rings (SSSR count). The average molecular weight is 317 g/mol. The predicted molar refractivity (Wildman–Crippen MR) is 93.4 cm³/mol. The van der Waals surface area contributed by atoms with E-state index in [2.05, 4.69) is 4.98 Å². The van der Waals surface area contributed by atoms with Gasteiger partial charge in [-0.3, -0.25) is 0 Å². The van der Waals surface area contributed by atoms with Crippen LogP contribution in [0.25, 0.3) is 33.3 Å². The van der Waals surface area contributed by atoms with E-state index in [1.807, 2.05) is 56.3 Å². The van der Waals surface area contributed by atoms with E-state index in [-0.39, 0.29) is 5.56 Å². The van der Waals surface area contributed by atoms with Crippen LogP contribution in [0.2, 0.25) is 0 Å². The predicted octanol–water partition coefficient (Wildman–Crippen LogP) is 4.96. The molecule has 0 radical (unpaired) electrons. The van der Waals surface area contributed by atoms with Gasteiger partial charge < -0.3 is 9.52 Å². The Morgan fingerprint density at radius 3 is 2.58 bits per heavy atom. The van der Waals surface area contributed by atoms with Crippen molar-refractivity contribution in [2.75, 3.05) is 0 Å². The average Bonchev–Trinajstić information content (AvgIpc) is 2.97. The molecule has 0 spiro atoms. The molecule has 0 aliphatic heterocycles. The largest absolute Gasteiger partial charge is 0.478 e. The number of carbonyl (C=O) groups is 1. The summed E-state index contributed by atoms with van der Waals surface area (Å²) in [5, 5.41) is 11.4. The Balaban J connectivity index is 2.05. The summed E-state index contributed by atoms with van der Waals surface area (Å²) >= 11 is 0. The van der Waals surface area contributed by atoms with Crippen molar-refractivity contribution in [3.05, 3.63) is 65.2 Å². The van der Waals surface area contributed by atoms with Gasteiger partial charge in [0.1, 0.15) is 11.3 Å². The lowest BCUT2D eigenvalue weighted by Gasteiger charge is -2.08. The van der Waals surface area contributed by atoms with Gasteiger partial charge in [0.2, 0.25) is 0 Å². The SMILES string of the molecule is Cc1cc(C)c2nc(-c3cc4ccccc4o3)c(C(=O)O)cc2c1. The highest BCUT2D eigenvalue weighted by molar-refractivity contribution is 6.00. The van der Waals surface area contributed by atoms with Gasteiger partial charge in [-0.2, -0.15) is 0 Å². The highest BCUT2D eigenvalue weighted by Gasteiger charge is 2.19. The standard InChI is InChI=1S/C20H15NO3/c1-11-7-12(2)18-14(8-11)9-15(20(22)23)19(21-18)17-10-13-5-3-4-6-16(13)24-17/h3-10H,1-2H3,(H,22,23). The minimum atomic E-state index is -1.01. The van der Waals surface area contributed by atoms with Crippen LogP contribution in [-0.2, 0) is 0 Å². The number of aromatic carboxylic acids is 1. The van der Waals surface area contributed by atoms with Gasteiger partial charge in [0.15, 0.2) is 5.76 Å². The summed E-state index contributed by atoms with van der Waals surface area (Å²) in [6.07, 6.45) is 0. The van der Waals surface area contributed by atoms with Gasteiger partial charge in [-0.1, -0.05) is 29.8 Å². The van der Waals surface area contributed by atoms with Crippen LogP contribution in [0.5, 0.6) is 0 Å². The summed E-state index contributed by atoms with van der Waals surface area (Å²) in [4.78, 5) is 16.4. The van der Waals surface area contributed by atoms with Crippen LogP contribution in [-0.4, -0.2) is 16.1 Å². The van der Waals surface area contributed by atoms with Crippen molar-refractivity contribution >= 4 is 27.8 Å². The summed E-state index contributed by atoms with van der Waals surface area (Å²) in [6, 6.07) is 15.1. The van der Waals surface area contributed by atoms with Crippen molar-refractivity contribution in [2.45, 2.75) is 13.8 Å². The zero-order valence-electron chi connectivity index (χ0n) is 13.3. The Hall–Kier alpha value is -3.14. The second-order valence-corrected chi connectivity index (χ2v) is 5.99. The van der Waals surface area contributed by atoms with Crippen molar-refractivity contribution < 1.29 is 14.3 Å². The van der Waals surface area contributed by atoms with E-state index in [4.69, 9.17) is 4.42 Å². The molecule has 0 aliphatic carbocycles. The molecule has 0 aliphatic rings. The number of carboxylic acid groups (broad SMARTS) is 1. The Kier molecular flexibility index (Phi) is 3.13. The Labute approximate surface area is 138 Å². The molecule has 0 atom stereocenters. The first-order chi connectivity index (χ1) is 11.5. The molecule has 0 saturated heterocycles. The number of furan rings is 1. The van der Waals surface area contributed by atoms with Crippen LogP contribution in [0.4, 0.5) is 0 Å². The lowest BCUT2D eigenvalue weighted by Crippen LogP contribution is -2.02. The van der Waals surface area contributed by atoms with Crippen LogP contribution in [0, 0.1) is 13.8 Å². The first kappa shape index (κ1) is 14.5. The molecule has 0 amide bonds. The smallest absolute Gasteiger partial charge is 0.338 e. The van der Waals surface area contributed by atoms with Gasteiger partial charge in [0.25, 0.3) is 0 Å². The van der Waals surface area contributed by atoms with E-state index in [1.165, 1.54) is 0 Å². The molecule has 1 N–H and O–H groups in total. The number of rotatable bonds is 2. The van der Waals surface area contributed by atoms with Crippen molar-refractivity contribution in [3.8, 4) is 11.5 Å². The van der Waals surface area contributed by atoms with E-state index in [0.717, 1.165) is 27.4 Å². The van der Waals surface area contributed by atoms with Gasteiger partial charge in [0.05, 0.1) is 11.1 Å². The summed E-state index contributed by atoms with van der Waals surface area (Å²) in [5.41, 5.74) is 4.10. The zero-order valence-corrected chi connectivity index (χ0v) is 13.3. The number of nitrogens with zero attached hydrogens (tertiary/aromatic N) is 1. The van der Waals surface area contributed by atoms with Gasteiger partial charge in [-0.15, -0.1) is 0 Å². The number of hydrogen-bond acceptors (Lipinski definition) is 3. The van der Waals surface area contributed by atoms with E-state index in [9.17, 15) is 9.90 Å². The quantitative estimate of drug-likeness (QED) is 0.567. The molecule has 2 aromatic heterocycles. The number of aromatic nitrogens is 1. The maximum absolute atomic E-state index is 11.7. The van der Waals surface area contributed by atoms with Crippen molar-refractivity contribution in [2.24, 2.45) is 0 Å². The monoisotopic (exact) mass is 317 g/mol. The molecule has 118 valence electrons. The number of aryl methyl sites for hydroxylation is 2. The van der Waals surface area contributed by atoms with Crippen LogP contribution in [0.15, 0.2) is 52.9 Å². The van der Waals surface area contributed by atoms with Gasteiger partial charge in [-0.05, 0) is 43.7 Å². The van der Waals surface area contributed by atoms with Crippen LogP contribution < -0.4 is 0 Å². The molecule has 0 fully saturated rings. The van der Waals surface area contributed by atoms with Gasteiger partial charge >= 0.3 is 5.97 Å². The Morgan fingerprint density at radius 1 is 1.04 bits per heavy atom. The number of para-hydroxylation sites is 1. The second-order valence-electron chi connectivity index (χ2n) is 5.99. The van der Waals surface area contributed by atoms with Crippen molar-refractivity contribution in [1.82, 2.24) is 4.98 Å². The minimum Gasteiger partial charge on any atom is -0.478 e. The third-order valence-corrected chi connectivity index (χ3v) is 4.14. The van der Waals surface area contributed by atoms with Crippen molar-refractivity contribution in [3.63, 3.8) is 0 Å². The first-order valence-corrected chi connectivity index (χ1v) is 7.67. The van der Waals surface area contributed by atoms with E-state index in [0.29, 0.717) is 17.0 Å². The highest BCUT2D eigenvalue weighted by Crippen LogP contribution is 2.32. The maximum Gasteiger partial charge on any atom is 0.338 e. The fourth-order valence-electron chi connectivity index (χ4n) is 3.10. The van der Waals surface area contributed by atoms with Crippen LogP contribution in [0.3, 0.4) is 0 Å². The Bertz CT molecular complexity index is 1080. The molecule has 4 heteroatoms. The highest BCUT2D eigenvalue weighted by atomic mass is 16.4. The third kappa shape index (κ3) is 2.24. The van der Waals surface area contributed by atoms with E-state index >= 15 is 0 Å². The number of hydrogen-bond donors (Lipinski definition) is 1. The number of pyridine rings is 1. The molecule has 2 heterocycles. The van der Waals surface area contributed by atoms with Crippen LogP contribution in [0.1, 0.15) is 21.5 Å². The fourth-order valence-corrected chi connectivity index (χ4v) is 3.10. The number of benzene rings is 2. The number of fused-ring (bicyclic) bond motifs is 2. The Morgan fingerprint density at radius 2 is 1.83 bits per heavy atom. The normalized spacial score (nSPS) is 11.2. The van der Waals surface area contributed by atoms with E-state index < -0.39 is 5.97 Å². The molecule has 24 heavy (non-hydrogen) atoms. The molecule has 4 nitrogen and oxygen atoms in total. The molecular weight excluding hydrogens is 302 g/mol.